The third kappa shape index (κ3) is 14.5. The average molecular weight is 987 g/mol. The monoisotopic (exact) mass is 986 g/mol. The van der Waals surface area contributed by atoms with Crippen LogP contribution in [0.2, 0.25) is 0 Å². The normalized spacial score (nSPS) is 17.5. The smallest absolute Gasteiger partial charge is 0.333 e. The Balaban J connectivity index is 0.912. The molecule has 2 aliphatic rings. The van der Waals surface area contributed by atoms with Crippen molar-refractivity contribution in [3.8, 4) is 34.8 Å². The van der Waals surface area contributed by atoms with E-state index in [1.165, 1.54) is 11.3 Å². The fourth-order valence-electron chi connectivity index (χ4n) is 7.84. The molecule has 71 heavy (non-hydrogen) atoms. The SMILES string of the molecule is C=CC(=O)OCOc1ccc(OC(=O)C2CCC(C(=O)Oc3ccc(CCOC(=O)C4CCC(C(=O)Oc5ccc(OCOC(=O)CC)cc5)CC4)c4sc(/N=N/c5ccc(C#N)cc5)nc34)CC2)cc1. The molecule has 0 bridgehead atoms. The summed E-state index contributed by atoms with van der Waals surface area (Å²) >= 11 is 1.23. The van der Waals surface area contributed by atoms with Gasteiger partial charge in [0.15, 0.2) is 5.75 Å². The summed E-state index contributed by atoms with van der Waals surface area (Å²) in [5.74, 6) is -2.49. The molecule has 0 atom stereocenters. The van der Waals surface area contributed by atoms with E-state index in [4.69, 9.17) is 43.2 Å². The van der Waals surface area contributed by atoms with Gasteiger partial charge in [-0.1, -0.05) is 30.9 Å². The lowest BCUT2D eigenvalue weighted by Gasteiger charge is -2.26. The highest BCUT2D eigenvalue weighted by atomic mass is 32.1. The maximum atomic E-state index is 13.6. The van der Waals surface area contributed by atoms with Gasteiger partial charge in [-0.2, -0.15) is 5.26 Å². The number of esters is 6. The van der Waals surface area contributed by atoms with E-state index in [-0.39, 0.29) is 67.2 Å². The second kappa shape index (κ2) is 25.0. The first-order chi connectivity index (χ1) is 34.5. The van der Waals surface area contributed by atoms with Crippen molar-refractivity contribution in [3.63, 3.8) is 0 Å². The lowest BCUT2D eigenvalue weighted by Crippen LogP contribution is -2.30. The van der Waals surface area contributed by atoms with Gasteiger partial charge in [-0.15, -0.1) is 10.2 Å². The molecule has 0 radical (unpaired) electrons. The highest BCUT2D eigenvalue weighted by Gasteiger charge is 2.34. The van der Waals surface area contributed by atoms with Crippen LogP contribution in [0.3, 0.4) is 0 Å². The average Bonchev–Trinajstić information content (AvgIpc) is 3.84. The molecule has 4 aromatic carbocycles. The second-order valence-corrected chi connectivity index (χ2v) is 17.5. The number of azo groups is 1. The van der Waals surface area contributed by atoms with Crippen LogP contribution in [0.15, 0.2) is 108 Å². The van der Waals surface area contributed by atoms with Gasteiger partial charge in [0.05, 0.1) is 52.3 Å². The molecule has 368 valence electrons. The third-order valence-corrected chi connectivity index (χ3v) is 12.9. The van der Waals surface area contributed by atoms with Gasteiger partial charge in [-0.05, 0) is 136 Å². The Morgan fingerprint density at radius 1 is 0.648 bits per heavy atom. The zero-order valence-electron chi connectivity index (χ0n) is 38.8. The quantitative estimate of drug-likeness (QED) is 0.0176. The Hall–Kier alpha value is -7.98. The number of nitrogens with zero attached hydrogens (tertiary/aromatic N) is 4. The van der Waals surface area contributed by atoms with Gasteiger partial charge in [-0.3, -0.25) is 24.0 Å². The number of hydrogen-bond acceptors (Lipinski definition) is 19. The maximum absolute atomic E-state index is 13.6. The molecule has 18 nitrogen and oxygen atoms in total. The number of nitriles is 1. The summed E-state index contributed by atoms with van der Waals surface area (Å²) in [6, 6.07) is 24.8. The molecule has 0 aliphatic heterocycles. The molecular weight excluding hydrogens is 937 g/mol. The molecule has 2 aliphatic carbocycles. The van der Waals surface area contributed by atoms with E-state index in [9.17, 15) is 28.8 Å². The molecule has 2 saturated carbocycles. The molecule has 1 aromatic heterocycles. The van der Waals surface area contributed by atoms with Crippen molar-refractivity contribution in [2.75, 3.05) is 20.2 Å². The van der Waals surface area contributed by atoms with Crippen LogP contribution in [-0.4, -0.2) is 61.0 Å². The van der Waals surface area contributed by atoms with Gasteiger partial charge in [0, 0.05) is 18.9 Å². The van der Waals surface area contributed by atoms with Crippen LogP contribution < -0.4 is 23.7 Å². The molecule has 19 heteroatoms. The first kappa shape index (κ1) is 50.9. The number of thiazole rings is 1. The van der Waals surface area contributed by atoms with E-state index in [2.05, 4.69) is 27.9 Å². The summed E-state index contributed by atoms with van der Waals surface area (Å²) in [5.41, 5.74) is 2.15. The Morgan fingerprint density at radius 2 is 1.15 bits per heavy atom. The van der Waals surface area contributed by atoms with Crippen molar-refractivity contribution in [2.45, 2.75) is 71.1 Å². The van der Waals surface area contributed by atoms with Gasteiger partial charge >= 0.3 is 35.8 Å². The molecule has 1 heterocycles. The second-order valence-electron chi connectivity index (χ2n) is 16.5. The number of aromatic nitrogens is 1. The minimum atomic E-state index is -0.616. The van der Waals surface area contributed by atoms with Gasteiger partial charge in [0.2, 0.25) is 18.7 Å². The number of fused-ring (bicyclic) bond motifs is 1. The van der Waals surface area contributed by atoms with Crippen LogP contribution in [0, 0.1) is 35.0 Å². The van der Waals surface area contributed by atoms with Gasteiger partial charge in [0.1, 0.15) is 28.5 Å². The highest BCUT2D eigenvalue weighted by Crippen LogP contribution is 2.39. The minimum absolute atomic E-state index is 0.0657. The fourth-order valence-corrected chi connectivity index (χ4v) is 8.78. The third-order valence-electron chi connectivity index (χ3n) is 11.9. The van der Waals surface area contributed by atoms with Crippen LogP contribution in [0.1, 0.15) is 75.8 Å². The van der Waals surface area contributed by atoms with Crippen molar-refractivity contribution in [1.29, 1.82) is 5.26 Å². The van der Waals surface area contributed by atoms with E-state index >= 15 is 0 Å². The number of carbonyl (C=O) groups is 6. The summed E-state index contributed by atoms with van der Waals surface area (Å²) in [6.07, 6.45) is 5.09. The predicted molar refractivity (Wildman–Crippen MR) is 254 cm³/mol. The first-order valence-electron chi connectivity index (χ1n) is 23.0. The van der Waals surface area contributed by atoms with Gasteiger partial charge in [0.25, 0.3) is 0 Å². The Kier molecular flexibility index (Phi) is 18.0. The molecular formula is C52H50N4O14S. The van der Waals surface area contributed by atoms with E-state index in [0.717, 1.165) is 11.6 Å². The van der Waals surface area contributed by atoms with E-state index in [0.29, 0.717) is 102 Å². The molecule has 0 spiro atoms. The predicted octanol–water partition coefficient (Wildman–Crippen LogP) is 9.75. The van der Waals surface area contributed by atoms with Crippen molar-refractivity contribution >= 4 is 68.2 Å². The molecule has 2 fully saturated rings. The number of benzene rings is 4. The number of rotatable bonds is 20. The maximum Gasteiger partial charge on any atom is 0.333 e. The highest BCUT2D eigenvalue weighted by molar-refractivity contribution is 7.22. The van der Waals surface area contributed by atoms with Crippen LogP contribution in [0.5, 0.6) is 28.7 Å². The largest absolute Gasteiger partial charge is 0.465 e. The zero-order valence-corrected chi connectivity index (χ0v) is 39.6. The first-order valence-corrected chi connectivity index (χ1v) is 23.9. The molecule has 0 saturated heterocycles. The fraction of sp³-hybridized carbons (Fsp3) is 0.346. The summed E-state index contributed by atoms with van der Waals surface area (Å²) in [7, 11) is 0. The summed E-state index contributed by atoms with van der Waals surface area (Å²) in [4.78, 5) is 80.1. The summed E-state index contributed by atoms with van der Waals surface area (Å²) in [6.45, 7) is 4.56. The van der Waals surface area contributed by atoms with Gasteiger partial charge < -0.3 is 37.9 Å². The Morgan fingerprint density at radius 3 is 1.68 bits per heavy atom. The van der Waals surface area contributed by atoms with Crippen molar-refractivity contribution < 1.29 is 66.7 Å². The van der Waals surface area contributed by atoms with Crippen molar-refractivity contribution in [2.24, 2.45) is 33.9 Å². The number of carbonyl (C=O) groups excluding carboxylic acids is 6. The minimum Gasteiger partial charge on any atom is -0.465 e. The standard InChI is InChI=1S/C52H50N4O14S/c1-3-44(57)66-30-64-39-18-22-41(23-19-39)68-49(60)35-9-7-34(8-10-35)48(59)63-28-27-33-15-26-43(46-47(33)71-52(54-46)56-55-38-16-5-32(29-53)6-17-38)70-51(62)37-13-11-36(12-14-37)50(61)69-42-24-20-40(21-25-42)65-31-67-45(58)4-2/h4-6,15-26,34-37H,2-3,7-14,27-28,30-31H2,1H3/b56-55+. The molecule has 0 amide bonds. The van der Waals surface area contributed by atoms with Crippen molar-refractivity contribution in [1.82, 2.24) is 4.98 Å². The molecule has 0 unspecified atom stereocenters. The van der Waals surface area contributed by atoms with Crippen LogP contribution in [-0.2, 0) is 49.4 Å². The molecule has 5 aromatic rings. The molecule has 0 N–H and O–H groups in total. The topological polar surface area (TPSA) is 238 Å². The van der Waals surface area contributed by atoms with Crippen molar-refractivity contribution in [3.05, 3.63) is 109 Å². The van der Waals surface area contributed by atoms with Crippen LogP contribution in [0.25, 0.3) is 10.2 Å². The zero-order chi connectivity index (χ0) is 50.1. The molecule has 7 rings (SSSR count). The van der Waals surface area contributed by atoms with Crippen LogP contribution in [0.4, 0.5) is 10.8 Å². The van der Waals surface area contributed by atoms with Gasteiger partial charge in [-0.25, -0.2) is 9.78 Å². The summed E-state index contributed by atoms with van der Waals surface area (Å²) < 4.78 is 44.0. The lowest BCUT2D eigenvalue weighted by molar-refractivity contribution is -0.152. The van der Waals surface area contributed by atoms with E-state index in [1.807, 2.05) is 0 Å². The summed E-state index contributed by atoms with van der Waals surface area (Å²) in [5, 5.41) is 18.1. The Bertz CT molecular complexity index is 2770. The van der Waals surface area contributed by atoms with Crippen LogP contribution >= 0.6 is 11.3 Å². The Labute approximate surface area is 412 Å². The lowest BCUT2D eigenvalue weighted by atomic mass is 9.82. The number of hydrogen-bond donors (Lipinski definition) is 0. The van der Waals surface area contributed by atoms with E-state index in [1.54, 1.807) is 91.9 Å². The van der Waals surface area contributed by atoms with E-state index < -0.39 is 29.7 Å². The number of ether oxygens (including phenoxy) is 8.